The van der Waals surface area contributed by atoms with Gasteiger partial charge in [-0.3, -0.25) is 4.79 Å². The largest absolute Gasteiger partial charge is 0.355 e. The number of carbonyl (C=O) groups excluding carboxylic acids is 1. The molecule has 0 aliphatic heterocycles. The minimum Gasteiger partial charge on any atom is -0.355 e. The van der Waals surface area contributed by atoms with Crippen LogP contribution in [0.25, 0.3) is 11.3 Å². The first kappa shape index (κ1) is 18.9. The Kier molecular flexibility index (Phi) is 5.17. The van der Waals surface area contributed by atoms with Crippen molar-refractivity contribution in [1.82, 2.24) is 10.5 Å². The number of nitrogens with zero attached hydrogens (tertiary/aromatic N) is 1. The van der Waals surface area contributed by atoms with Gasteiger partial charge in [0.15, 0.2) is 5.76 Å². The molecule has 3 aromatic rings. The Bertz CT molecular complexity index is 947. The molecule has 1 amide bonds. The highest BCUT2D eigenvalue weighted by molar-refractivity contribution is 6.00. The van der Waals surface area contributed by atoms with Crippen molar-refractivity contribution in [3.8, 4) is 11.3 Å². The van der Waals surface area contributed by atoms with E-state index in [1.54, 1.807) is 6.92 Å². The van der Waals surface area contributed by atoms with Crippen LogP contribution in [0.3, 0.4) is 0 Å². The fourth-order valence-electron chi connectivity index (χ4n) is 3.05. The van der Waals surface area contributed by atoms with Crippen LogP contribution in [-0.4, -0.2) is 11.1 Å². The third kappa shape index (κ3) is 4.27. The molecule has 0 radical (unpaired) electrons. The van der Waals surface area contributed by atoms with Gasteiger partial charge in [0.25, 0.3) is 5.91 Å². The van der Waals surface area contributed by atoms with E-state index >= 15 is 0 Å². The van der Waals surface area contributed by atoms with Crippen LogP contribution in [0.2, 0.25) is 0 Å². The van der Waals surface area contributed by atoms with Gasteiger partial charge in [0.05, 0.1) is 5.69 Å². The Balaban J connectivity index is 1.82. The molecule has 0 atom stereocenters. The predicted molar refractivity (Wildman–Crippen MR) is 108 cm³/mol. The average molecular weight is 362 g/mol. The van der Waals surface area contributed by atoms with Crippen LogP contribution in [0.4, 0.5) is 0 Å². The number of aromatic nitrogens is 1. The summed E-state index contributed by atoms with van der Waals surface area (Å²) < 4.78 is 5.49. The summed E-state index contributed by atoms with van der Waals surface area (Å²) in [5.41, 5.74) is 5.47. The lowest BCUT2D eigenvalue weighted by molar-refractivity contribution is 0.0950. The zero-order chi connectivity index (χ0) is 19.6. The van der Waals surface area contributed by atoms with Crippen LogP contribution >= 0.6 is 0 Å². The molecule has 0 fully saturated rings. The van der Waals surface area contributed by atoms with Crippen molar-refractivity contribution in [3.05, 3.63) is 76.5 Å². The zero-order valence-corrected chi connectivity index (χ0v) is 16.6. The number of amides is 1. The molecule has 0 aliphatic rings. The first-order valence-corrected chi connectivity index (χ1v) is 9.16. The molecule has 0 bridgehead atoms. The van der Waals surface area contributed by atoms with E-state index in [-0.39, 0.29) is 11.3 Å². The van der Waals surface area contributed by atoms with E-state index in [4.69, 9.17) is 4.52 Å². The molecule has 1 N–H and O–H groups in total. The second kappa shape index (κ2) is 7.39. The lowest BCUT2D eigenvalue weighted by Crippen LogP contribution is -2.23. The first-order valence-electron chi connectivity index (χ1n) is 9.16. The molecule has 140 valence electrons. The summed E-state index contributed by atoms with van der Waals surface area (Å²) in [5, 5.41) is 6.99. The van der Waals surface area contributed by atoms with Gasteiger partial charge < -0.3 is 9.84 Å². The van der Waals surface area contributed by atoms with Crippen LogP contribution < -0.4 is 5.32 Å². The molecule has 27 heavy (non-hydrogen) atoms. The third-order valence-corrected chi connectivity index (χ3v) is 4.64. The van der Waals surface area contributed by atoms with E-state index in [0.29, 0.717) is 23.6 Å². The van der Waals surface area contributed by atoms with Crippen LogP contribution in [-0.2, 0) is 12.0 Å². The van der Waals surface area contributed by atoms with E-state index in [1.807, 2.05) is 37.3 Å². The summed E-state index contributed by atoms with van der Waals surface area (Å²) in [6, 6.07) is 16.2. The third-order valence-electron chi connectivity index (χ3n) is 4.64. The van der Waals surface area contributed by atoms with Gasteiger partial charge >= 0.3 is 0 Å². The lowest BCUT2D eigenvalue weighted by atomic mass is 9.86. The van der Waals surface area contributed by atoms with E-state index in [9.17, 15) is 4.79 Å². The Hall–Kier alpha value is -2.88. The molecule has 2 aromatic carbocycles. The molecular formula is C23H26N2O2. The van der Waals surface area contributed by atoms with Crippen LogP contribution in [0.5, 0.6) is 0 Å². The fourth-order valence-corrected chi connectivity index (χ4v) is 3.05. The van der Waals surface area contributed by atoms with Crippen molar-refractivity contribution in [1.29, 1.82) is 0 Å². The Morgan fingerprint density at radius 2 is 1.78 bits per heavy atom. The smallest absolute Gasteiger partial charge is 0.257 e. The molecule has 1 aromatic heterocycles. The van der Waals surface area contributed by atoms with E-state index in [0.717, 1.165) is 11.1 Å². The molecule has 4 heteroatoms. The van der Waals surface area contributed by atoms with Gasteiger partial charge in [-0.1, -0.05) is 80.0 Å². The van der Waals surface area contributed by atoms with E-state index in [2.05, 4.69) is 49.4 Å². The summed E-state index contributed by atoms with van der Waals surface area (Å²) >= 11 is 0. The molecule has 1 heterocycles. The van der Waals surface area contributed by atoms with Gasteiger partial charge in [-0.25, -0.2) is 0 Å². The summed E-state index contributed by atoms with van der Waals surface area (Å²) in [4.78, 5) is 12.8. The second-order valence-electron chi connectivity index (χ2n) is 7.97. The van der Waals surface area contributed by atoms with Crippen molar-refractivity contribution in [2.45, 2.75) is 46.6 Å². The van der Waals surface area contributed by atoms with Gasteiger partial charge in [-0.15, -0.1) is 0 Å². The predicted octanol–water partition coefficient (Wildman–Crippen LogP) is 5.19. The van der Waals surface area contributed by atoms with E-state index in [1.165, 1.54) is 11.1 Å². The molecule has 0 saturated heterocycles. The van der Waals surface area contributed by atoms with Gasteiger partial charge in [0.1, 0.15) is 5.56 Å². The highest BCUT2D eigenvalue weighted by Crippen LogP contribution is 2.29. The molecule has 3 rings (SSSR count). The van der Waals surface area contributed by atoms with Crippen molar-refractivity contribution in [2.75, 3.05) is 0 Å². The Labute approximate surface area is 160 Å². The summed E-state index contributed by atoms with van der Waals surface area (Å²) in [7, 11) is 0. The Morgan fingerprint density at radius 1 is 1.07 bits per heavy atom. The average Bonchev–Trinajstić information content (AvgIpc) is 3.01. The molecule has 0 spiro atoms. The van der Waals surface area contributed by atoms with Gasteiger partial charge in [-0.2, -0.15) is 0 Å². The molecule has 0 unspecified atom stereocenters. The minimum absolute atomic E-state index is 0.0733. The molecule has 0 aliphatic carbocycles. The molecular weight excluding hydrogens is 336 g/mol. The fraction of sp³-hybridized carbons (Fsp3) is 0.304. The van der Waals surface area contributed by atoms with Crippen molar-refractivity contribution in [3.63, 3.8) is 0 Å². The monoisotopic (exact) mass is 362 g/mol. The van der Waals surface area contributed by atoms with Crippen LogP contribution in [0, 0.1) is 13.8 Å². The number of hydrogen-bond acceptors (Lipinski definition) is 3. The standard InChI is InChI=1S/C23H26N2O2/c1-15-7-6-8-17(13-15)14-24-22(26)20-16(2)25-27-21(20)18-9-11-19(12-10-18)23(3,4)5/h6-13H,14H2,1-5H3,(H,24,26). The summed E-state index contributed by atoms with van der Waals surface area (Å²) in [5.74, 6) is 0.333. The normalized spacial score (nSPS) is 11.4. The number of benzene rings is 2. The van der Waals surface area contributed by atoms with Crippen molar-refractivity contribution in [2.24, 2.45) is 0 Å². The van der Waals surface area contributed by atoms with Crippen molar-refractivity contribution < 1.29 is 9.32 Å². The first-order chi connectivity index (χ1) is 12.8. The molecule has 4 nitrogen and oxygen atoms in total. The maximum Gasteiger partial charge on any atom is 0.257 e. The highest BCUT2D eigenvalue weighted by Gasteiger charge is 2.22. The van der Waals surface area contributed by atoms with Crippen molar-refractivity contribution >= 4 is 5.91 Å². The number of rotatable bonds is 4. The number of hydrogen-bond donors (Lipinski definition) is 1. The maximum absolute atomic E-state index is 12.8. The van der Waals surface area contributed by atoms with Gasteiger partial charge in [-0.05, 0) is 30.4 Å². The quantitative estimate of drug-likeness (QED) is 0.695. The van der Waals surface area contributed by atoms with Crippen LogP contribution in [0.1, 0.15) is 53.5 Å². The Morgan fingerprint density at radius 3 is 2.41 bits per heavy atom. The van der Waals surface area contributed by atoms with Gasteiger partial charge in [0.2, 0.25) is 0 Å². The zero-order valence-electron chi connectivity index (χ0n) is 16.6. The number of nitrogens with one attached hydrogen (secondary N) is 1. The minimum atomic E-state index is -0.176. The maximum atomic E-state index is 12.8. The summed E-state index contributed by atoms with van der Waals surface area (Å²) in [6.45, 7) is 10.8. The van der Waals surface area contributed by atoms with Crippen LogP contribution in [0.15, 0.2) is 53.1 Å². The van der Waals surface area contributed by atoms with E-state index < -0.39 is 0 Å². The number of aryl methyl sites for hydroxylation is 2. The topological polar surface area (TPSA) is 55.1 Å². The highest BCUT2D eigenvalue weighted by atomic mass is 16.5. The number of carbonyl (C=O) groups is 1. The lowest BCUT2D eigenvalue weighted by Gasteiger charge is -2.18. The molecule has 0 saturated carbocycles. The SMILES string of the molecule is Cc1cccc(CNC(=O)c2c(C)noc2-c2ccc(C(C)(C)C)cc2)c1. The summed E-state index contributed by atoms with van der Waals surface area (Å²) in [6.07, 6.45) is 0. The second-order valence-corrected chi connectivity index (χ2v) is 7.97. The van der Waals surface area contributed by atoms with Gasteiger partial charge in [0, 0.05) is 12.1 Å².